The van der Waals surface area contributed by atoms with Crippen molar-refractivity contribution in [1.82, 2.24) is 9.21 Å². The van der Waals surface area contributed by atoms with Crippen LogP contribution in [-0.2, 0) is 14.8 Å². The van der Waals surface area contributed by atoms with Gasteiger partial charge in [0, 0.05) is 32.6 Å². The Morgan fingerprint density at radius 2 is 1.78 bits per heavy atom. The molecule has 1 aromatic carbocycles. The summed E-state index contributed by atoms with van der Waals surface area (Å²) in [6.07, 6.45) is 1.03. The largest absolute Gasteiger partial charge is 0.494 e. The van der Waals surface area contributed by atoms with E-state index in [1.165, 1.54) is 15.6 Å². The third kappa shape index (κ3) is 5.31. The van der Waals surface area contributed by atoms with Crippen LogP contribution < -0.4 is 4.74 Å². The number of thiophene rings is 1. The zero-order chi connectivity index (χ0) is 19.3. The molecule has 0 radical (unpaired) electrons. The molecule has 0 bridgehead atoms. The van der Waals surface area contributed by atoms with Gasteiger partial charge in [-0.2, -0.15) is 4.31 Å². The van der Waals surface area contributed by atoms with E-state index in [0.29, 0.717) is 49.8 Å². The predicted octanol–water partition coefficient (Wildman–Crippen LogP) is 3.20. The molecular formula is C18H21BrN2O4S2. The number of carbonyl (C=O) groups is 1. The second-order valence-electron chi connectivity index (χ2n) is 6.11. The maximum absolute atomic E-state index is 12.6. The molecule has 9 heteroatoms. The summed E-state index contributed by atoms with van der Waals surface area (Å²) in [5.41, 5.74) is 0. The first-order valence-electron chi connectivity index (χ1n) is 8.68. The van der Waals surface area contributed by atoms with Gasteiger partial charge in [-0.25, -0.2) is 8.42 Å². The molecule has 0 spiro atoms. The Balaban J connectivity index is 1.42. The first kappa shape index (κ1) is 20.3. The molecule has 1 amide bonds. The number of piperazine rings is 1. The molecule has 0 unspecified atom stereocenters. The van der Waals surface area contributed by atoms with Crippen molar-refractivity contribution in [2.24, 2.45) is 0 Å². The van der Waals surface area contributed by atoms with Gasteiger partial charge in [-0.15, -0.1) is 11.3 Å². The van der Waals surface area contributed by atoms with Crippen LogP contribution in [0, 0.1) is 0 Å². The fourth-order valence-corrected chi connectivity index (χ4v) is 6.42. The number of sulfonamides is 1. The molecule has 3 rings (SSSR count). The van der Waals surface area contributed by atoms with Gasteiger partial charge in [0.15, 0.2) is 0 Å². The number of benzene rings is 1. The van der Waals surface area contributed by atoms with Crippen molar-refractivity contribution < 1.29 is 17.9 Å². The number of halogens is 1. The van der Waals surface area contributed by atoms with Gasteiger partial charge in [0.1, 0.15) is 9.96 Å². The Morgan fingerprint density at radius 3 is 2.41 bits per heavy atom. The molecule has 146 valence electrons. The van der Waals surface area contributed by atoms with Crippen molar-refractivity contribution in [3.8, 4) is 5.75 Å². The molecule has 0 atom stereocenters. The van der Waals surface area contributed by atoms with Gasteiger partial charge in [0.05, 0.1) is 10.4 Å². The van der Waals surface area contributed by atoms with Crippen LogP contribution in [0.15, 0.2) is 50.5 Å². The quantitative estimate of drug-likeness (QED) is 0.580. The minimum absolute atomic E-state index is 0.0441. The van der Waals surface area contributed by atoms with Crippen LogP contribution in [0.3, 0.4) is 0 Å². The maximum Gasteiger partial charge on any atom is 0.252 e. The van der Waals surface area contributed by atoms with Gasteiger partial charge in [-0.3, -0.25) is 4.79 Å². The van der Waals surface area contributed by atoms with Crippen molar-refractivity contribution in [3.63, 3.8) is 0 Å². The molecule has 27 heavy (non-hydrogen) atoms. The average Bonchev–Trinajstić information content (AvgIpc) is 3.13. The minimum Gasteiger partial charge on any atom is -0.494 e. The molecular weight excluding hydrogens is 452 g/mol. The number of ether oxygens (including phenoxy) is 1. The third-order valence-corrected chi connectivity index (χ3v) is 8.27. The minimum atomic E-state index is -3.48. The maximum atomic E-state index is 12.6. The van der Waals surface area contributed by atoms with Gasteiger partial charge in [-0.05, 0) is 46.6 Å². The molecule has 1 aliphatic heterocycles. The standard InChI is InChI=1S/C18H21BrN2O4S2/c19-16-8-9-18(26-16)27(23,24)21-12-10-20(11-13-21)17(22)7-4-14-25-15-5-2-1-3-6-15/h1-3,5-6,8-9H,4,7,10-14H2. The molecule has 0 aliphatic carbocycles. The molecule has 0 saturated carbocycles. The normalized spacial score (nSPS) is 15.7. The first-order valence-corrected chi connectivity index (χ1v) is 11.7. The lowest BCUT2D eigenvalue weighted by Gasteiger charge is -2.33. The number of carbonyl (C=O) groups excluding carboxylic acids is 1. The zero-order valence-electron chi connectivity index (χ0n) is 14.7. The second-order valence-corrected chi connectivity index (χ2v) is 10.7. The number of amides is 1. The smallest absolute Gasteiger partial charge is 0.252 e. The summed E-state index contributed by atoms with van der Waals surface area (Å²) >= 11 is 4.49. The Morgan fingerprint density at radius 1 is 1.07 bits per heavy atom. The van der Waals surface area contributed by atoms with Gasteiger partial charge in [0.25, 0.3) is 10.0 Å². The Kier molecular flexibility index (Phi) is 6.91. The third-order valence-electron chi connectivity index (χ3n) is 4.28. The van der Waals surface area contributed by atoms with Crippen LogP contribution in [0.4, 0.5) is 0 Å². The molecule has 1 aromatic heterocycles. The summed E-state index contributed by atoms with van der Waals surface area (Å²) in [5, 5.41) is 0. The van der Waals surface area contributed by atoms with Crippen LogP contribution >= 0.6 is 27.3 Å². The topological polar surface area (TPSA) is 66.9 Å². The van der Waals surface area contributed by atoms with E-state index in [1.807, 2.05) is 30.3 Å². The molecule has 0 N–H and O–H groups in total. The first-order chi connectivity index (χ1) is 13.0. The van der Waals surface area contributed by atoms with Crippen LogP contribution in [0.5, 0.6) is 5.75 Å². The van der Waals surface area contributed by atoms with E-state index in [-0.39, 0.29) is 5.91 Å². The number of hydrogen-bond acceptors (Lipinski definition) is 5. The monoisotopic (exact) mass is 472 g/mol. The molecule has 1 aliphatic rings. The van der Waals surface area contributed by atoms with Crippen molar-refractivity contribution >= 4 is 43.2 Å². The van der Waals surface area contributed by atoms with E-state index < -0.39 is 10.0 Å². The highest BCUT2D eigenvalue weighted by molar-refractivity contribution is 9.11. The highest BCUT2D eigenvalue weighted by atomic mass is 79.9. The van der Waals surface area contributed by atoms with Gasteiger partial charge in [-0.1, -0.05) is 18.2 Å². The van der Waals surface area contributed by atoms with Gasteiger partial charge >= 0.3 is 0 Å². The lowest BCUT2D eigenvalue weighted by molar-refractivity contribution is -0.132. The van der Waals surface area contributed by atoms with Crippen LogP contribution in [0.1, 0.15) is 12.8 Å². The summed E-state index contributed by atoms with van der Waals surface area (Å²) in [6.45, 7) is 1.97. The molecule has 1 fully saturated rings. The predicted molar refractivity (Wildman–Crippen MR) is 109 cm³/mol. The number of para-hydroxylation sites is 1. The van der Waals surface area contributed by atoms with Crippen LogP contribution in [-0.4, -0.2) is 56.3 Å². The fraction of sp³-hybridized carbons (Fsp3) is 0.389. The fourth-order valence-electron chi connectivity index (χ4n) is 2.83. The molecule has 1 saturated heterocycles. The van der Waals surface area contributed by atoms with Crippen molar-refractivity contribution in [2.45, 2.75) is 17.1 Å². The van der Waals surface area contributed by atoms with E-state index in [4.69, 9.17) is 4.74 Å². The van der Waals surface area contributed by atoms with Gasteiger partial charge in [0.2, 0.25) is 5.91 Å². The lowest BCUT2D eigenvalue weighted by atomic mass is 10.2. The van der Waals surface area contributed by atoms with E-state index >= 15 is 0 Å². The Bertz CT molecular complexity index is 862. The number of hydrogen-bond donors (Lipinski definition) is 0. The average molecular weight is 473 g/mol. The SMILES string of the molecule is O=C(CCCOc1ccccc1)N1CCN(S(=O)(=O)c2ccc(Br)s2)CC1. The molecule has 6 nitrogen and oxygen atoms in total. The summed E-state index contributed by atoms with van der Waals surface area (Å²) < 4.78 is 33.4. The van der Waals surface area contributed by atoms with Crippen molar-refractivity contribution in [3.05, 3.63) is 46.3 Å². The van der Waals surface area contributed by atoms with Crippen molar-refractivity contribution in [1.29, 1.82) is 0 Å². The highest BCUT2D eigenvalue weighted by Crippen LogP contribution is 2.29. The second kappa shape index (κ2) is 9.18. The van der Waals surface area contributed by atoms with Crippen molar-refractivity contribution in [2.75, 3.05) is 32.8 Å². The van der Waals surface area contributed by atoms with E-state index in [9.17, 15) is 13.2 Å². The van der Waals surface area contributed by atoms with E-state index in [1.54, 1.807) is 17.0 Å². The highest BCUT2D eigenvalue weighted by Gasteiger charge is 2.30. The summed E-state index contributed by atoms with van der Waals surface area (Å²) in [4.78, 5) is 14.1. The lowest BCUT2D eigenvalue weighted by Crippen LogP contribution is -2.50. The summed E-state index contributed by atoms with van der Waals surface area (Å²) in [6, 6.07) is 12.8. The zero-order valence-corrected chi connectivity index (χ0v) is 17.9. The molecule has 2 aromatic rings. The molecule has 2 heterocycles. The Labute approximate surface area is 171 Å². The van der Waals surface area contributed by atoms with E-state index in [2.05, 4.69) is 15.9 Å². The number of nitrogens with zero attached hydrogens (tertiary/aromatic N) is 2. The Hall–Kier alpha value is -1.42. The number of rotatable bonds is 7. The van der Waals surface area contributed by atoms with Gasteiger partial charge < -0.3 is 9.64 Å². The van der Waals surface area contributed by atoms with Crippen LogP contribution in [0.25, 0.3) is 0 Å². The van der Waals surface area contributed by atoms with E-state index in [0.717, 1.165) is 9.54 Å². The summed E-state index contributed by atoms with van der Waals surface area (Å²) in [5.74, 6) is 0.839. The van der Waals surface area contributed by atoms with Crippen LogP contribution in [0.2, 0.25) is 0 Å². The summed E-state index contributed by atoms with van der Waals surface area (Å²) in [7, 11) is -3.48.